The van der Waals surface area contributed by atoms with Crippen molar-refractivity contribution in [3.8, 4) is 0 Å². The normalized spacial score (nSPS) is 17.1. The second-order valence-electron chi connectivity index (χ2n) is 6.99. The Kier molecular flexibility index (Phi) is 3.67. The smallest absolute Gasteiger partial charge is 0.240 e. The first kappa shape index (κ1) is 16.6. The lowest BCUT2D eigenvalue weighted by Gasteiger charge is -2.32. The molecule has 6 rings (SSSR count). The van der Waals surface area contributed by atoms with Gasteiger partial charge in [-0.05, 0) is 24.3 Å². The Morgan fingerprint density at radius 3 is 1.90 bits per heavy atom. The van der Waals surface area contributed by atoms with Gasteiger partial charge in [0.15, 0.2) is 0 Å². The Morgan fingerprint density at radius 1 is 0.533 bits per heavy atom. The maximum absolute atomic E-state index is 4.83. The summed E-state index contributed by atoms with van der Waals surface area (Å²) >= 11 is 0. The summed E-state index contributed by atoms with van der Waals surface area (Å²) in [5.74, 6) is 1.66. The third-order valence-electron chi connectivity index (χ3n) is 5.04. The van der Waals surface area contributed by atoms with Crippen LogP contribution in [0.15, 0.2) is 123 Å². The summed E-state index contributed by atoms with van der Waals surface area (Å²) in [5, 5.41) is 0. The van der Waals surface area contributed by atoms with E-state index in [1.807, 2.05) is 70.4 Å². The maximum atomic E-state index is 4.83. The summed E-state index contributed by atoms with van der Waals surface area (Å²) in [6.07, 6.45) is 7.94. The van der Waals surface area contributed by atoms with E-state index >= 15 is 0 Å². The van der Waals surface area contributed by atoms with Crippen molar-refractivity contribution in [2.45, 2.75) is 0 Å². The van der Waals surface area contributed by atoms with Gasteiger partial charge in [0, 0.05) is 23.5 Å². The van der Waals surface area contributed by atoms with Crippen LogP contribution in [0.25, 0.3) is 5.70 Å². The summed E-state index contributed by atoms with van der Waals surface area (Å²) in [4.78, 5) is 21.0. The first-order chi connectivity index (χ1) is 14.8. The van der Waals surface area contributed by atoms with Crippen molar-refractivity contribution in [1.82, 2.24) is 9.47 Å². The van der Waals surface area contributed by atoms with Crippen LogP contribution in [0.2, 0.25) is 0 Å². The predicted octanol–water partition coefficient (Wildman–Crippen LogP) is 4.16. The number of hydrogen-bond donors (Lipinski definition) is 0. The minimum absolute atomic E-state index is 0.539. The second-order valence-corrected chi connectivity index (χ2v) is 6.99. The quantitative estimate of drug-likeness (QED) is 0.650. The van der Waals surface area contributed by atoms with Crippen molar-refractivity contribution in [2.24, 2.45) is 20.0 Å². The lowest BCUT2D eigenvalue weighted by molar-refractivity contribution is 0.732. The molecular formula is C24H16N6. The molecule has 30 heavy (non-hydrogen) atoms. The Bertz CT molecular complexity index is 1270. The number of hydrogen-bond acceptors (Lipinski definition) is 5. The molecule has 6 heteroatoms. The number of allylic oxidation sites excluding steroid dienone is 2. The van der Waals surface area contributed by atoms with Crippen LogP contribution >= 0.6 is 0 Å². The van der Waals surface area contributed by atoms with E-state index in [4.69, 9.17) is 20.0 Å². The van der Waals surface area contributed by atoms with Gasteiger partial charge >= 0.3 is 0 Å². The highest BCUT2D eigenvalue weighted by molar-refractivity contribution is 6.24. The summed E-state index contributed by atoms with van der Waals surface area (Å²) < 4.78 is 1.86. The summed E-state index contributed by atoms with van der Waals surface area (Å²) in [6, 6.07) is 24.1. The van der Waals surface area contributed by atoms with Gasteiger partial charge in [-0.3, -0.25) is 4.57 Å². The van der Waals surface area contributed by atoms with E-state index in [0.717, 1.165) is 28.2 Å². The standard InChI is InChI=1S/C24H16N6/c1-3-9-17(10-4-1)20-15-19-16-21(18-11-5-2-6-12-18)26-24-28-22(29-13-7-8-14-29)27-23(25-20)30(19)24/h1-16H. The van der Waals surface area contributed by atoms with Crippen LogP contribution in [0.5, 0.6) is 0 Å². The van der Waals surface area contributed by atoms with Crippen molar-refractivity contribution in [1.29, 1.82) is 0 Å². The van der Waals surface area contributed by atoms with E-state index in [1.165, 1.54) is 0 Å². The zero-order chi connectivity index (χ0) is 19.9. The monoisotopic (exact) mass is 388 g/mol. The van der Waals surface area contributed by atoms with Crippen molar-refractivity contribution in [3.63, 3.8) is 0 Å². The first-order valence-corrected chi connectivity index (χ1v) is 9.68. The summed E-state index contributed by atoms with van der Waals surface area (Å²) in [6.45, 7) is 0. The van der Waals surface area contributed by atoms with Crippen LogP contribution in [0.1, 0.15) is 11.1 Å². The molecule has 0 N–H and O–H groups in total. The number of aromatic nitrogens is 1. The van der Waals surface area contributed by atoms with Crippen LogP contribution in [0.3, 0.4) is 0 Å². The molecule has 4 heterocycles. The van der Waals surface area contributed by atoms with E-state index in [-0.39, 0.29) is 0 Å². The van der Waals surface area contributed by atoms with Crippen LogP contribution < -0.4 is 0 Å². The molecular weight excluding hydrogens is 372 g/mol. The highest BCUT2D eigenvalue weighted by atomic mass is 15.4. The lowest BCUT2D eigenvalue weighted by Crippen LogP contribution is -2.42. The van der Waals surface area contributed by atoms with Crippen LogP contribution in [-0.4, -0.2) is 33.1 Å². The number of aliphatic imine (C=N–C) groups is 4. The van der Waals surface area contributed by atoms with Gasteiger partial charge in [-0.15, -0.1) is 0 Å². The molecule has 0 atom stereocenters. The molecule has 0 fully saturated rings. The van der Waals surface area contributed by atoms with Gasteiger partial charge in [-0.2, -0.15) is 9.98 Å². The molecule has 3 aliphatic heterocycles. The topological polar surface area (TPSA) is 57.6 Å². The molecule has 2 aromatic carbocycles. The molecule has 3 aliphatic rings. The fourth-order valence-corrected chi connectivity index (χ4v) is 3.60. The third-order valence-corrected chi connectivity index (χ3v) is 5.04. The SMILES string of the molecule is C1=C(c2ccccc2)N=C2N=C(n3cccc3)N=C3N=C(c4ccccc4)C=C1N23. The van der Waals surface area contributed by atoms with Gasteiger partial charge < -0.3 is 0 Å². The van der Waals surface area contributed by atoms with E-state index in [2.05, 4.69) is 36.4 Å². The zero-order valence-corrected chi connectivity index (χ0v) is 15.9. The van der Waals surface area contributed by atoms with Crippen LogP contribution in [-0.2, 0) is 0 Å². The molecule has 0 unspecified atom stereocenters. The minimum atomic E-state index is 0.539. The van der Waals surface area contributed by atoms with E-state index in [9.17, 15) is 0 Å². The lowest BCUT2D eigenvalue weighted by atomic mass is 10.0. The van der Waals surface area contributed by atoms with Gasteiger partial charge in [-0.1, -0.05) is 60.7 Å². The molecule has 0 spiro atoms. The van der Waals surface area contributed by atoms with Gasteiger partial charge in [0.25, 0.3) is 0 Å². The molecule has 142 valence electrons. The highest BCUT2D eigenvalue weighted by Crippen LogP contribution is 2.30. The maximum Gasteiger partial charge on any atom is 0.240 e. The number of benzene rings is 2. The molecule has 0 aliphatic carbocycles. The van der Waals surface area contributed by atoms with Crippen LogP contribution in [0, 0.1) is 0 Å². The fraction of sp³-hybridized carbons (Fsp3) is 0. The average Bonchev–Trinajstić information content (AvgIpc) is 3.35. The number of nitrogens with zero attached hydrogens (tertiary/aromatic N) is 6. The molecule has 3 aromatic rings. The second kappa shape index (κ2) is 6.63. The highest BCUT2D eigenvalue weighted by Gasteiger charge is 2.33. The molecule has 6 nitrogen and oxygen atoms in total. The van der Waals surface area contributed by atoms with E-state index in [0.29, 0.717) is 17.9 Å². The van der Waals surface area contributed by atoms with Gasteiger partial charge in [0.2, 0.25) is 17.9 Å². The first-order valence-electron chi connectivity index (χ1n) is 9.68. The molecule has 0 saturated carbocycles. The Morgan fingerprint density at radius 2 is 1.17 bits per heavy atom. The molecule has 0 amide bonds. The molecule has 1 aromatic heterocycles. The van der Waals surface area contributed by atoms with Crippen molar-refractivity contribution >= 4 is 29.3 Å². The van der Waals surface area contributed by atoms with Crippen molar-refractivity contribution in [2.75, 3.05) is 0 Å². The third kappa shape index (κ3) is 2.74. The van der Waals surface area contributed by atoms with Gasteiger partial charge in [-0.25, -0.2) is 14.9 Å². The van der Waals surface area contributed by atoms with Crippen molar-refractivity contribution in [3.05, 3.63) is 114 Å². The molecule has 0 bridgehead atoms. The van der Waals surface area contributed by atoms with Gasteiger partial charge in [0.1, 0.15) is 0 Å². The molecule has 0 radical (unpaired) electrons. The average molecular weight is 388 g/mol. The Labute approximate surface area is 173 Å². The Hall–Kier alpha value is -4.32. The predicted molar refractivity (Wildman–Crippen MR) is 119 cm³/mol. The largest absolute Gasteiger partial charge is 0.293 e. The summed E-state index contributed by atoms with van der Waals surface area (Å²) in [7, 11) is 0. The zero-order valence-electron chi connectivity index (χ0n) is 15.9. The van der Waals surface area contributed by atoms with Gasteiger partial charge in [0.05, 0.1) is 17.1 Å². The van der Waals surface area contributed by atoms with Crippen molar-refractivity contribution < 1.29 is 0 Å². The Balaban J connectivity index is 1.55. The summed E-state index contributed by atoms with van der Waals surface area (Å²) in [5.41, 5.74) is 4.74. The minimum Gasteiger partial charge on any atom is -0.293 e. The fourth-order valence-electron chi connectivity index (χ4n) is 3.60. The number of rotatable bonds is 2. The molecule has 0 saturated heterocycles. The number of guanidine groups is 2. The van der Waals surface area contributed by atoms with E-state index < -0.39 is 0 Å². The van der Waals surface area contributed by atoms with E-state index in [1.54, 1.807) is 0 Å². The van der Waals surface area contributed by atoms with Crippen LogP contribution in [0.4, 0.5) is 0 Å².